The molecule has 0 aliphatic carbocycles. The molecule has 1 amide bonds. The van der Waals surface area contributed by atoms with Crippen LogP contribution in [0.1, 0.15) is 10.4 Å². The standard InChI is InChI=1S/C16H14IN3OS/c17-12-7-5-11(6-8-12)15(21)18-9-10-19-16-20-13-3-1-2-4-14(13)22-16/h1-8H,9-10H2,(H,18,21)(H,19,20). The van der Waals surface area contributed by atoms with E-state index >= 15 is 0 Å². The summed E-state index contributed by atoms with van der Waals surface area (Å²) in [5, 5.41) is 7.02. The van der Waals surface area contributed by atoms with Crippen molar-refractivity contribution in [1.29, 1.82) is 0 Å². The molecule has 0 aliphatic heterocycles. The maximum atomic E-state index is 12.0. The predicted molar refractivity (Wildman–Crippen MR) is 99.6 cm³/mol. The maximum absolute atomic E-state index is 12.0. The summed E-state index contributed by atoms with van der Waals surface area (Å²) in [6.07, 6.45) is 0. The summed E-state index contributed by atoms with van der Waals surface area (Å²) in [6.45, 7) is 1.21. The van der Waals surface area contributed by atoms with Crippen LogP contribution in [-0.2, 0) is 0 Å². The number of amides is 1. The second-order valence-corrected chi connectivity index (χ2v) is 6.95. The van der Waals surface area contributed by atoms with E-state index in [0.29, 0.717) is 18.7 Å². The zero-order valence-electron chi connectivity index (χ0n) is 11.7. The minimum absolute atomic E-state index is 0.0532. The first-order valence-electron chi connectivity index (χ1n) is 6.85. The number of anilines is 1. The van der Waals surface area contributed by atoms with Gasteiger partial charge >= 0.3 is 0 Å². The predicted octanol–water partition coefficient (Wildman–Crippen LogP) is 3.74. The molecule has 0 bridgehead atoms. The number of hydrogen-bond acceptors (Lipinski definition) is 4. The van der Waals surface area contributed by atoms with Gasteiger partial charge in [-0.05, 0) is 59.0 Å². The molecule has 1 heterocycles. The number of halogens is 1. The molecule has 0 atom stereocenters. The highest BCUT2D eigenvalue weighted by Crippen LogP contribution is 2.24. The van der Waals surface area contributed by atoms with Crippen LogP contribution in [-0.4, -0.2) is 24.0 Å². The summed E-state index contributed by atoms with van der Waals surface area (Å²) in [5.41, 5.74) is 1.68. The highest BCUT2D eigenvalue weighted by molar-refractivity contribution is 14.1. The molecule has 0 unspecified atom stereocenters. The fourth-order valence-electron chi connectivity index (χ4n) is 2.00. The van der Waals surface area contributed by atoms with E-state index in [2.05, 4.69) is 44.3 Å². The summed E-state index contributed by atoms with van der Waals surface area (Å²) in [7, 11) is 0. The lowest BCUT2D eigenvalue weighted by molar-refractivity contribution is 0.0955. The molecule has 1 aromatic heterocycles. The van der Waals surface area contributed by atoms with E-state index in [-0.39, 0.29) is 5.91 Å². The van der Waals surface area contributed by atoms with Gasteiger partial charge in [-0.3, -0.25) is 4.79 Å². The molecular formula is C16H14IN3OS. The van der Waals surface area contributed by atoms with E-state index in [4.69, 9.17) is 0 Å². The molecule has 2 N–H and O–H groups in total. The lowest BCUT2D eigenvalue weighted by atomic mass is 10.2. The Kier molecular flexibility index (Phi) is 4.89. The van der Waals surface area contributed by atoms with E-state index in [1.165, 1.54) is 0 Å². The zero-order chi connectivity index (χ0) is 15.4. The third-order valence-corrected chi connectivity index (χ3v) is 4.80. The summed E-state index contributed by atoms with van der Waals surface area (Å²) < 4.78 is 2.28. The van der Waals surface area contributed by atoms with Gasteiger partial charge in [-0.2, -0.15) is 0 Å². The van der Waals surface area contributed by atoms with E-state index < -0.39 is 0 Å². The highest BCUT2D eigenvalue weighted by atomic mass is 127. The van der Waals surface area contributed by atoms with Crippen LogP contribution >= 0.6 is 33.9 Å². The number of carbonyl (C=O) groups is 1. The number of nitrogens with one attached hydrogen (secondary N) is 2. The maximum Gasteiger partial charge on any atom is 0.251 e. The smallest absolute Gasteiger partial charge is 0.251 e. The van der Waals surface area contributed by atoms with Crippen LogP contribution in [0.2, 0.25) is 0 Å². The van der Waals surface area contributed by atoms with Gasteiger partial charge in [0.15, 0.2) is 5.13 Å². The van der Waals surface area contributed by atoms with Crippen LogP contribution in [0.5, 0.6) is 0 Å². The minimum Gasteiger partial charge on any atom is -0.360 e. The fraction of sp³-hybridized carbons (Fsp3) is 0.125. The Balaban J connectivity index is 1.49. The van der Waals surface area contributed by atoms with Gasteiger partial charge in [-0.25, -0.2) is 4.98 Å². The van der Waals surface area contributed by atoms with Gasteiger partial charge in [0.25, 0.3) is 5.91 Å². The van der Waals surface area contributed by atoms with E-state index in [9.17, 15) is 4.79 Å². The molecule has 3 rings (SSSR count). The van der Waals surface area contributed by atoms with Crippen LogP contribution in [0.25, 0.3) is 10.2 Å². The summed E-state index contributed by atoms with van der Waals surface area (Å²) in [6, 6.07) is 15.5. The first-order valence-corrected chi connectivity index (χ1v) is 8.75. The molecule has 4 nitrogen and oxygen atoms in total. The van der Waals surface area contributed by atoms with Gasteiger partial charge < -0.3 is 10.6 Å². The van der Waals surface area contributed by atoms with Crippen molar-refractivity contribution in [2.45, 2.75) is 0 Å². The molecule has 0 saturated heterocycles. The topological polar surface area (TPSA) is 54.0 Å². The third kappa shape index (κ3) is 3.75. The number of aromatic nitrogens is 1. The SMILES string of the molecule is O=C(NCCNc1nc2ccccc2s1)c1ccc(I)cc1. The van der Waals surface area contributed by atoms with Gasteiger partial charge in [0.1, 0.15) is 0 Å². The third-order valence-electron chi connectivity index (χ3n) is 3.09. The number of para-hydroxylation sites is 1. The zero-order valence-corrected chi connectivity index (χ0v) is 14.6. The Labute approximate surface area is 146 Å². The second-order valence-electron chi connectivity index (χ2n) is 4.68. The lowest BCUT2D eigenvalue weighted by Gasteiger charge is -2.06. The Morgan fingerprint density at radius 1 is 1.09 bits per heavy atom. The van der Waals surface area contributed by atoms with Gasteiger partial charge in [-0.15, -0.1) is 0 Å². The fourth-order valence-corrected chi connectivity index (χ4v) is 3.25. The molecule has 0 aliphatic rings. The number of carbonyl (C=O) groups excluding carboxylic acids is 1. The van der Waals surface area contributed by atoms with Gasteiger partial charge in [0.2, 0.25) is 0 Å². The first-order chi connectivity index (χ1) is 10.7. The Morgan fingerprint density at radius 2 is 1.86 bits per heavy atom. The van der Waals surface area contributed by atoms with Gasteiger partial charge in [0, 0.05) is 22.2 Å². The summed E-state index contributed by atoms with van der Waals surface area (Å²) in [5.74, 6) is -0.0532. The lowest BCUT2D eigenvalue weighted by Crippen LogP contribution is -2.28. The minimum atomic E-state index is -0.0532. The summed E-state index contributed by atoms with van der Waals surface area (Å²) in [4.78, 5) is 16.4. The van der Waals surface area contributed by atoms with Gasteiger partial charge in [-0.1, -0.05) is 23.5 Å². The molecule has 2 aromatic carbocycles. The Bertz CT molecular complexity index is 752. The second kappa shape index (κ2) is 7.06. The largest absolute Gasteiger partial charge is 0.360 e. The number of nitrogens with zero attached hydrogens (tertiary/aromatic N) is 1. The van der Waals surface area contributed by atoms with Crippen LogP contribution in [0, 0.1) is 3.57 Å². The molecule has 6 heteroatoms. The van der Waals surface area contributed by atoms with Crippen molar-refractivity contribution in [2.75, 3.05) is 18.4 Å². The average Bonchev–Trinajstić information content (AvgIpc) is 2.95. The first kappa shape index (κ1) is 15.2. The van der Waals surface area contributed by atoms with E-state index in [0.717, 1.165) is 18.9 Å². The summed E-state index contributed by atoms with van der Waals surface area (Å²) >= 11 is 3.84. The monoisotopic (exact) mass is 423 g/mol. The van der Waals surface area contributed by atoms with Crippen molar-refractivity contribution in [1.82, 2.24) is 10.3 Å². The van der Waals surface area contributed by atoms with E-state index in [1.807, 2.05) is 42.5 Å². The number of fused-ring (bicyclic) bond motifs is 1. The number of rotatable bonds is 5. The molecular weight excluding hydrogens is 409 g/mol. The molecule has 112 valence electrons. The van der Waals surface area contributed by atoms with Crippen molar-refractivity contribution < 1.29 is 4.79 Å². The normalized spacial score (nSPS) is 10.6. The quantitative estimate of drug-likeness (QED) is 0.486. The van der Waals surface area contributed by atoms with Crippen LogP contribution in [0.4, 0.5) is 5.13 Å². The van der Waals surface area contributed by atoms with Crippen LogP contribution in [0.3, 0.4) is 0 Å². The van der Waals surface area contributed by atoms with Crippen molar-refractivity contribution in [3.05, 3.63) is 57.7 Å². The van der Waals surface area contributed by atoms with Crippen molar-refractivity contribution in [3.8, 4) is 0 Å². The van der Waals surface area contributed by atoms with E-state index in [1.54, 1.807) is 11.3 Å². The number of thiazole rings is 1. The molecule has 0 radical (unpaired) electrons. The highest BCUT2D eigenvalue weighted by Gasteiger charge is 2.05. The molecule has 3 aromatic rings. The van der Waals surface area contributed by atoms with Crippen LogP contribution in [0.15, 0.2) is 48.5 Å². The molecule has 0 spiro atoms. The van der Waals surface area contributed by atoms with Gasteiger partial charge in [0.05, 0.1) is 10.2 Å². The molecule has 0 fully saturated rings. The van der Waals surface area contributed by atoms with Crippen molar-refractivity contribution >= 4 is 55.2 Å². The van der Waals surface area contributed by atoms with Crippen molar-refractivity contribution in [3.63, 3.8) is 0 Å². The molecule has 22 heavy (non-hydrogen) atoms. The van der Waals surface area contributed by atoms with Crippen LogP contribution < -0.4 is 10.6 Å². The average molecular weight is 423 g/mol. The molecule has 0 saturated carbocycles. The number of hydrogen-bond donors (Lipinski definition) is 2. The number of benzene rings is 2. The Hall–Kier alpha value is -1.67. The van der Waals surface area contributed by atoms with Crippen molar-refractivity contribution in [2.24, 2.45) is 0 Å². The Morgan fingerprint density at radius 3 is 2.64 bits per heavy atom.